The van der Waals surface area contributed by atoms with E-state index in [1.165, 1.54) is 0 Å². The third-order valence-corrected chi connectivity index (χ3v) is 5.49. The van der Waals surface area contributed by atoms with Gasteiger partial charge in [-0.25, -0.2) is 21.9 Å². The Bertz CT molecular complexity index is 755. The Kier molecular flexibility index (Phi) is 5.80. The van der Waals surface area contributed by atoms with E-state index in [1.54, 1.807) is 20.8 Å². The van der Waals surface area contributed by atoms with Gasteiger partial charge >= 0.3 is 0 Å². The number of halogens is 2. The van der Waals surface area contributed by atoms with Gasteiger partial charge in [-0.05, 0) is 52.8 Å². The minimum Gasteiger partial charge on any atom is -0.323 e. The highest BCUT2D eigenvalue weighted by Crippen LogP contribution is 2.25. The van der Waals surface area contributed by atoms with Crippen molar-refractivity contribution in [3.63, 3.8) is 0 Å². The fraction of sp³-hybridized carbons (Fsp3) is 0.562. The Balaban J connectivity index is 2.29. The SMILES string of the molecule is CC(C)(C)NS(=O)(=O)c1cc(NC(=O)C2CCNCC2)c(F)cc1F. The summed E-state index contributed by atoms with van der Waals surface area (Å²) in [6, 6.07) is 1.28. The topological polar surface area (TPSA) is 87.3 Å². The van der Waals surface area contributed by atoms with Crippen LogP contribution in [0, 0.1) is 17.6 Å². The van der Waals surface area contributed by atoms with Crippen molar-refractivity contribution in [2.24, 2.45) is 5.92 Å². The molecule has 0 aromatic heterocycles. The third-order valence-electron chi connectivity index (χ3n) is 3.72. The van der Waals surface area contributed by atoms with Crippen molar-refractivity contribution >= 4 is 21.6 Å². The van der Waals surface area contributed by atoms with Gasteiger partial charge < -0.3 is 10.6 Å². The average Bonchev–Trinajstić information content (AvgIpc) is 2.48. The fourth-order valence-corrected chi connectivity index (χ4v) is 4.11. The molecule has 1 aromatic rings. The molecule has 1 amide bonds. The smallest absolute Gasteiger partial charge is 0.244 e. The molecule has 140 valence electrons. The molecule has 1 heterocycles. The third kappa shape index (κ3) is 5.20. The van der Waals surface area contributed by atoms with Crippen LogP contribution in [0.5, 0.6) is 0 Å². The highest BCUT2D eigenvalue weighted by atomic mass is 32.2. The van der Waals surface area contributed by atoms with Crippen LogP contribution < -0.4 is 15.4 Å². The first kappa shape index (κ1) is 19.7. The highest BCUT2D eigenvalue weighted by molar-refractivity contribution is 7.89. The summed E-state index contributed by atoms with van der Waals surface area (Å²) >= 11 is 0. The second kappa shape index (κ2) is 7.35. The van der Waals surface area contributed by atoms with Crippen LogP contribution in [0.2, 0.25) is 0 Å². The summed E-state index contributed by atoms with van der Waals surface area (Å²) in [5.74, 6) is -2.93. The second-order valence-electron chi connectivity index (χ2n) is 7.13. The van der Waals surface area contributed by atoms with Gasteiger partial charge in [0.05, 0.1) is 5.69 Å². The lowest BCUT2D eigenvalue weighted by molar-refractivity contribution is -0.120. The molecule has 0 saturated carbocycles. The summed E-state index contributed by atoms with van der Waals surface area (Å²) in [5.41, 5.74) is -1.18. The summed E-state index contributed by atoms with van der Waals surface area (Å²) in [4.78, 5) is 11.5. The van der Waals surface area contributed by atoms with E-state index in [0.717, 1.165) is 6.07 Å². The summed E-state index contributed by atoms with van der Waals surface area (Å²) in [7, 11) is -4.20. The largest absolute Gasteiger partial charge is 0.323 e. The Hall–Kier alpha value is -1.58. The van der Waals surface area contributed by atoms with Gasteiger partial charge in [-0.2, -0.15) is 0 Å². The number of carbonyl (C=O) groups excluding carboxylic acids is 1. The van der Waals surface area contributed by atoms with Crippen molar-refractivity contribution in [1.29, 1.82) is 0 Å². The molecule has 1 aliphatic rings. The molecule has 6 nitrogen and oxygen atoms in total. The van der Waals surface area contributed by atoms with E-state index in [1.807, 2.05) is 0 Å². The van der Waals surface area contributed by atoms with Crippen molar-refractivity contribution in [2.45, 2.75) is 44.0 Å². The molecular formula is C16H23F2N3O3S. The number of hydrogen-bond donors (Lipinski definition) is 3. The first-order chi connectivity index (χ1) is 11.5. The predicted octanol–water partition coefficient (Wildman–Crippen LogP) is 1.98. The quantitative estimate of drug-likeness (QED) is 0.751. The van der Waals surface area contributed by atoms with Gasteiger partial charge in [0.25, 0.3) is 0 Å². The lowest BCUT2D eigenvalue weighted by atomic mass is 9.97. The summed E-state index contributed by atoms with van der Waals surface area (Å²) < 4.78 is 55.0. The molecule has 0 radical (unpaired) electrons. The molecule has 3 N–H and O–H groups in total. The maximum Gasteiger partial charge on any atom is 0.244 e. The van der Waals surface area contributed by atoms with Gasteiger partial charge in [0.1, 0.15) is 16.5 Å². The Morgan fingerprint density at radius 3 is 2.32 bits per heavy atom. The molecule has 2 rings (SSSR count). The number of carbonyl (C=O) groups is 1. The molecule has 1 aliphatic heterocycles. The van der Waals surface area contributed by atoms with Gasteiger partial charge in [-0.15, -0.1) is 0 Å². The van der Waals surface area contributed by atoms with Crippen LogP contribution in [0.3, 0.4) is 0 Å². The molecule has 0 bridgehead atoms. The van der Waals surface area contributed by atoms with E-state index >= 15 is 0 Å². The number of rotatable bonds is 4. The number of benzene rings is 1. The van der Waals surface area contributed by atoms with Crippen LogP contribution in [0.25, 0.3) is 0 Å². The van der Waals surface area contributed by atoms with E-state index < -0.39 is 38.0 Å². The van der Waals surface area contributed by atoms with E-state index in [4.69, 9.17) is 0 Å². The first-order valence-corrected chi connectivity index (χ1v) is 9.52. The second-order valence-corrected chi connectivity index (χ2v) is 8.78. The van der Waals surface area contributed by atoms with Gasteiger partial charge in [0.15, 0.2) is 0 Å². The van der Waals surface area contributed by atoms with E-state index in [-0.39, 0.29) is 11.6 Å². The number of amides is 1. The average molecular weight is 375 g/mol. The predicted molar refractivity (Wildman–Crippen MR) is 90.7 cm³/mol. The monoisotopic (exact) mass is 375 g/mol. The highest BCUT2D eigenvalue weighted by Gasteiger charge is 2.28. The van der Waals surface area contributed by atoms with E-state index in [2.05, 4.69) is 15.4 Å². The van der Waals surface area contributed by atoms with Crippen LogP contribution in [0.4, 0.5) is 14.5 Å². The Labute approximate surface area is 146 Å². The number of anilines is 1. The number of hydrogen-bond acceptors (Lipinski definition) is 4. The lowest BCUT2D eigenvalue weighted by Crippen LogP contribution is -2.40. The molecule has 0 aliphatic carbocycles. The maximum absolute atomic E-state index is 14.0. The van der Waals surface area contributed by atoms with Crippen LogP contribution in [-0.2, 0) is 14.8 Å². The minimum absolute atomic E-state index is 0.293. The van der Waals surface area contributed by atoms with E-state index in [0.29, 0.717) is 32.0 Å². The van der Waals surface area contributed by atoms with Crippen molar-refractivity contribution in [3.8, 4) is 0 Å². The summed E-state index contributed by atoms with van der Waals surface area (Å²) in [6.45, 7) is 6.17. The zero-order chi connectivity index (χ0) is 18.8. The van der Waals surface area contributed by atoms with Crippen LogP contribution in [-0.4, -0.2) is 33.0 Å². The summed E-state index contributed by atoms with van der Waals surface area (Å²) in [5, 5.41) is 5.49. The Morgan fingerprint density at radius 2 is 1.76 bits per heavy atom. The number of piperidine rings is 1. The van der Waals surface area contributed by atoms with Gasteiger partial charge in [-0.3, -0.25) is 4.79 Å². The summed E-state index contributed by atoms with van der Waals surface area (Å²) in [6.07, 6.45) is 1.21. The molecule has 0 unspecified atom stereocenters. The van der Waals surface area contributed by atoms with Crippen molar-refractivity contribution in [1.82, 2.24) is 10.0 Å². The van der Waals surface area contributed by atoms with Crippen molar-refractivity contribution < 1.29 is 22.0 Å². The zero-order valence-corrected chi connectivity index (χ0v) is 15.3. The molecule has 25 heavy (non-hydrogen) atoms. The molecule has 1 aromatic carbocycles. The van der Waals surface area contributed by atoms with Crippen molar-refractivity contribution in [3.05, 3.63) is 23.8 Å². The van der Waals surface area contributed by atoms with Crippen molar-refractivity contribution in [2.75, 3.05) is 18.4 Å². The lowest BCUT2D eigenvalue weighted by Gasteiger charge is -2.23. The zero-order valence-electron chi connectivity index (χ0n) is 14.4. The minimum atomic E-state index is -4.20. The molecule has 0 spiro atoms. The van der Waals surface area contributed by atoms with Gasteiger partial charge in [0.2, 0.25) is 15.9 Å². The Morgan fingerprint density at radius 1 is 1.16 bits per heavy atom. The van der Waals surface area contributed by atoms with Gasteiger partial charge in [-0.1, -0.05) is 0 Å². The fourth-order valence-electron chi connectivity index (χ4n) is 2.61. The normalized spacial score (nSPS) is 16.7. The molecule has 1 saturated heterocycles. The van der Waals surface area contributed by atoms with Crippen LogP contribution in [0.15, 0.2) is 17.0 Å². The van der Waals surface area contributed by atoms with E-state index in [9.17, 15) is 22.0 Å². The first-order valence-electron chi connectivity index (χ1n) is 8.04. The molecular weight excluding hydrogens is 352 g/mol. The number of sulfonamides is 1. The van der Waals surface area contributed by atoms with Gasteiger partial charge in [0, 0.05) is 17.5 Å². The maximum atomic E-state index is 14.0. The standard InChI is InChI=1S/C16H23F2N3O3S/c1-16(2,3)21-25(23,24)14-9-13(11(17)8-12(14)18)20-15(22)10-4-6-19-7-5-10/h8-10,19,21H,4-7H2,1-3H3,(H,20,22). The molecule has 9 heteroatoms. The van der Waals surface area contributed by atoms with Crippen LogP contribution in [0.1, 0.15) is 33.6 Å². The van der Waals surface area contributed by atoms with Crippen LogP contribution >= 0.6 is 0 Å². The molecule has 0 atom stereocenters. The molecule has 1 fully saturated rings. The number of nitrogens with one attached hydrogen (secondary N) is 3.